The number of hydrogen-bond acceptors (Lipinski definition) is 5. The van der Waals surface area contributed by atoms with Crippen molar-refractivity contribution in [2.45, 2.75) is 5.16 Å². The summed E-state index contributed by atoms with van der Waals surface area (Å²) >= 11 is 1.11. The fraction of sp³-hybridized carbons (Fsp3) is 0.125. The fourth-order valence-electron chi connectivity index (χ4n) is 1.11. The number of carboxylic acid groups (broad SMARTS) is 1. The molecule has 0 unspecified atom stereocenters. The van der Waals surface area contributed by atoms with Gasteiger partial charge in [0.15, 0.2) is 10.8 Å². The minimum absolute atomic E-state index is 0.0460. The summed E-state index contributed by atoms with van der Waals surface area (Å²) in [6, 6.07) is 3.45. The number of rotatable bonds is 3. The Morgan fingerprint density at radius 3 is 3.07 bits per heavy atom. The van der Waals surface area contributed by atoms with E-state index in [2.05, 4.69) is 10.2 Å². The lowest BCUT2D eigenvalue weighted by Gasteiger charge is -1.98. The number of nitrogens with zero attached hydrogens (tertiary/aromatic N) is 3. The molecule has 0 bridgehead atoms. The van der Waals surface area contributed by atoms with Crippen molar-refractivity contribution in [2.24, 2.45) is 0 Å². The van der Waals surface area contributed by atoms with Gasteiger partial charge in [0.2, 0.25) is 0 Å². The molecule has 0 aromatic carbocycles. The Morgan fingerprint density at radius 1 is 1.53 bits per heavy atom. The Balaban J connectivity index is 2.35. The van der Waals surface area contributed by atoms with Crippen LogP contribution in [0.3, 0.4) is 0 Å². The summed E-state index contributed by atoms with van der Waals surface area (Å²) in [6.07, 6.45) is 1.67. The molecule has 78 valence electrons. The first-order valence-electron chi connectivity index (χ1n) is 4.11. The van der Waals surface area contributed by atoms with Crippen LogP contribution in [0.4, 0.5) is 5.69 Å². The maximum Gasteiger partial charge on any atom is 0.313 e. The van der Waals surface area contributed by atoms with Gasteiger partial charge >= 0.3 is 5.97 Å². The summed E-state index contributed by atoms with van der Waals surface area (Å²) in [5.41, 5.74) is 6.84. The van der Waals surface area contributed by atoms with Crippen LogP contribution in [0.15, 0.2) is 23.5 Å². The molecule has 3 N–H and O–H groups in total. The van der Waals surface area contributed by atoms with Crippen LogP contribution >= 0.6 is 11.8 Å². The standard InChI is InChI=1S/C8H8N4O2S/c9-5-1-2-6-10-11-8(12(6)3-5)15-4-7(13)14/h1-3H,4,9H2,(H,13,14). The van der Waals surface area contributed by atoms with Gasteiger partial charge in [-0.1, -0.05) is 11.8 Å². The lowest BCUT2D eigenvalue weighted by Crippen LogP contribution is -1.99. The van der Waals surface area contributed by atoms with Crippen molar-refractivity contribution in [3.8, 4) is 0 Å². The van der Waals surface area contributed by atoms with Crippen molar-refractivity contribution >= 4 is 29.1 Å². The van der Waals surface area contributed by atoms with Crippen molar-refractivity contribution in [2.75, 3.05) is 11.5 Å². The van der Waals surface area contributed by atoms with Gasteiger partial charge in [-0.2, -0.15) is 0 Å². The third kappa shape index (κ3) is 2.01. The monoisotopic (exact) mass is 224 g/mol. The molecule has 0 aliphatic carbocycles. The van der Waals surface area contributed by atoms with E-state index in [0.717, 1.165) is 11.8 Å². The summed E-state index contributed by atoms with van der Waals surface area (Å²) in [4.78, 5) is 10.4. The maximum absolute atomic E-state index is 10.4. The molecule has 0 saturated carbocycles. The van der Waals surface area contributed by atoms with Crippen LogP contribution in [0, 0.1) is 0 Å². The minimum Gasteiger partial charge on any atom is -0.481 e. The minimum atomic E-state index is -0.888. The molecule has 2 aromatic heterocycles. The Labute approximate surface area is 89.1 Å². The smallest absolute Gasteiger partial charge is 0.313 e. The predicted octanol–water partition coefficient (Wildman–Crippen LogP) is 0.488. The molecular weight excluding hydrogens is 216 g/mol. The zero-order chi connectivity index (χ0) is 10.8. The number of carbonyl (C=O) groups is 1. The van der Waals surface area contributed by atoms with Gasteiger partial charge in [0.05, 0.1) is 5.75 Å². The van der Waals surface area contributed by atoms with E-state index in [1.807, 2.05) is 0 Å². The number of thioether (sulfide) groups is 1. The van der Waals surface area contributed by atoms with Gasteiger partial charge in [-0.25, -0.2) is 0 Å². The molecule has 2 aromatic rings. The van der Waals surface area contributed by atoms with Crippen molar-refractivity contribution in [1.29, 1.82) is 0 Å². The highest BCUT2D eigenvalue weighted by molar-refractivity contribution is 7.99. The van der Waals surface area contributed by atoms with Crippen LogP contribution < -0.4 is 5.73 Å². The predicted molar refractivity (Wildman–Crippen MR) is 55.8 cm³/mol. The molecule has 7 heteroatoms. The Kier molecular flexibility index (Phi) is 2.46. The molecule has 0 saturated heterocycles. The Hall–Kier alpha value is -1.76. The van der Waals surface area contributed by atoms with Gasteiger partial charge in [0.1, 0.15) is 0 Å². The first kappa shape index (κ1) is 9.78. The van der Waals surface area contributed by atoms with Crippen molar-refractivity contribution in [3.05, 3.63) is 18.3 Å². The second-order valence-electron chi connectivity index (χ2n) is 2.86. The lowest BCUT2D eigenvalue weighted by atomic mass is 10.4. The third-order valence-corrected chi connectivity index (χ3v) is 2.65. The number of aromatic nitrogens is 3. The molecular formula is C8H8N4O2S. The van der Waals surface area contributed by atoms with E-state index >= 15 is 0 Å². The number of anilines is 1. The molecule has 0 amide bonds. The quantitative estimate of drug-likeness (QED) is 0.737. The third-order valence-electron chi connectivity index (χ3n) is 1.72. The molecule has 0 fully saturated rings. The second-order valence-corrected chi connectivity index (χ2v) is 3.80. The molecule has 0 spiro atoms. The van der Waals surface area contributed by atoms with Gasteiger partial charge in [-0.15, -0.1) is 10.2 Å². The number of fused-ring (bicyclic) bond motifs is 1. The summed E-state index contributed by atoms with van der Waals surface area (Å²) in [5.74, 6) is -0.934. The number of pyridine rings is 1. The zero-order valence-electron chi connectivity index (χ0n) is 7.62. The zero-order valence-corrected chi connectivity index (χ0v) is 8.44. The van der Waals surface area contributed by atoms with E-state index in [-0.39, 0.29) is 5.75 Å². The van der Waals surface area contributed by atoms with Crippen molar-refractivity contribution in [1.82, 2.24) is 14.6 Å². The van der Waals surface area contributed by atoms with E-state index < -0.39 is 5.97 Å². The Bertz CT molecular complexity index is 510. The lowest BCUT2D eigenvalue weighted by molar-refractivity contribution is -0.133. The van der Waals surface area contributed by atoms with Crippen molar-refractivity contribution in [3.63, 3.8) is 0 Å². The number of nitrogens with two attached hydrogens (primary N) is 1. The largest absolute Gasteiger partial charge is 0.481 e. The number of carboxylic acids is 1. The SMILES string of the molecule is Nc1ccc2nnc(SCC(=O)O)n2c1. The van der Waals surface area contributed by atoms with Crippen LogP contribution in [0.1, 0.15) is 0 Å². The normalized spacial score (nSPS) is 10.7. The number of nitrogen functional groups attached to an aromatic ring is 1. The molecule has 15 heavy (non-hydrogen) atoms. The number of aliphatic carboxylic acids is 1. The first-order valence-corrected chi connectivity index (χ1v) is 5.10. The molecule has 2 heterocycles. The second kappa shape index (κ2) is 3.77. The van der Waals surface area contributed by atoms with Gasteiger partial charge < -0.3 is 10.8 Å². The molecule has 0 aliphatic rings. The molecule has 0 radical (unpaired) electrons. The first-order chi connectivity index (χ1) is 7.16. The highest BCUT2D eigenvalue weighted by atomic mass is 32.2. The summed E-state index contributed by atoms with van der Waals surface area (Å²) in [7, 11) is 0. The molecule has 0 atom stereocenters. The van der Waals surface area contributed by atoms with Gasteiger partial charge in [-0.3, -0.25) is 9.20 Å². The van der Waals surface area contributed by atoms with E-state index in [1.54, 1.807) is 22.7 Å². The van der Waals surface area contributed by atoms with E-state index in [0.29, 0.717) is 16.5 Å². The topological polar surface area (TPSA) is 93.5 Å². The molecule has 6 nitrogen and oxygen atoms in total. The van der Waals surface area contributed by atoms with Crippen LogP contribution in [-0.2, 0) is 4.79 Å². The van der Waals surface area contributed by atoms with Crippen LogP contribution in [-0.4, -0.2) is 31.4 Å². The Morgan fingerprint density at radius 2 is 2.33 bits per heavy atom. The summed E-state index contributed by atoms with van der Waals surface area (Å²) in [5, 5.41) is 16.8. The van der Waals surface area contributed by atoms with E-state index in [9.17, 15) is 4.79 Å². The van der Waals surface area contributed by atoms with Gasteiger partial charge in [-0.05, 0) is 12.1 Å². The van der Waals surface area contributed by atoms with Crippen LogP contribution in [0.5, 0.6) is 0 Å². The summed E-state index contributed by atoms with van der Waals surface area (Å²) in [6.45, 7) is 0. The van der Waals surface area contributed by atoms with Crippen LogP contribution in [0.25, 0.3) is 5.65 Å². The molecule has 2 rings (SSSR count). The highest BCUT2D eigenvalue weighted by Crippen LogP contribution is 2.17. The maximum atomic E-state index is 10.4. The van der Waals surface area contributed by atoms with Crippen LogP contribution in [0.2, 0.25) is 0 Å². The highest BCUT2D eigenvalue weighted by Gasteiger charge is 2.07. The average molecular weight is 224 g/mol. The molecule has 0 aliphatic heterocycles. The van der Waals surface area contributed by atoms with E-state index in [4.69, 9.17) is 10.8 Å². The van der Waals surface area contributed by atoms with E-state index in [1.165, 1.54) is 0 Å². The average Bonchev–Trinajstić information content (AvgIpc) is 2.57. The fourth-order valence-corrected chi connectivity index (χ4v) is 1.75. The van der Waals surface area contributed by atoms with Gasteiger partial charge in [0, 0.05) is 11.9 Å². The van der Waals surface area contributed by atoms with Crippen molar-refractivity contribution < 1.29 is 9.90 Å². The van der Waals surface area contributed by atoms with Gasteiger partial charge in [0.25, 0.3) is 0 Å². The number of hydrogen-bond donors (Lipinski definition) is 2. The summed E-state index contributed by atoms with van der Waals surface area (Å²) < 4.78 is 1.67.